The average molecular weight is 323 g/mol. The van der Waals surface area contributed by atoms with Gasteiger partial charge >= 0.3 is 0 Å². The molecule has 9 heteroatoms. The molecule has 1 heterocycles. The van der Waals surface area contributed by atoms with Crippen LogP contribution in [0.5, 0.6) is 0 Å². The van der Waals surface area contributed by atoms with Gasteiger partial charge in [0, 0.05) is 14.1 Å². The Hall–Kier alpha value is -0.790. The lowest BCUT2D eigenvalue weighted by Gasteiger charge is -2.16. The minimum absolute atomic E-state index is 0.278. The highest BCUT2D eigenvalue weighted by Gasteiger charge is 2.17. The molecule has 1 aromatic heterocycles. The van der Waals surface area contributed by atoms with E-state index >= 15 is 0 Å². The molecule has 2 aromatic rings. The maximum atomic E-state index is 12.3. The fraction of sp³-hybridized carbons (Fsp3) is 0.300. The number of hydrogen-bond acceptors (Lipinski definition) is 7. The molecule has 6 nitrogen and oxygen atoms in total. The molecule has 0 saturated carbocycles. The quantitative estimate of drug-likeness (QED) is 0.780. The van der Waals surface area contributed by atoms with E-state index in [9.17, 15) is 4.79 Å². The van der Waals surface area contributed by atoms with E-state index < -0.39 is 25.3 Å². The van der Waals surface area contributed by atoms with Crippen LogP contribution in [0.3, 0.4) is 0 Å². The summed E-state index contributed by atoms with van der Waals surface area (Å²) >= 11 is 5.56. The van der Waals surface area contributed by atoms with Crippen LogP contribution in [0.15, 0.2) is 29.1 Å². The Labute approximate surface area is 127 Å². The van der Waals surface area contributed by atoms with E-state index in [4.69, 9.17) is 29.1 Å². The van der Waals surface area contributed by atoms with Crippen molar-refractivity contribution in [3.05, 3.63) is 34.6 Å². The summed E-state index contributed by atoms with van der Waals surface area (Å²) < 4.78 is 53.1. The average Bonchev–Trinajstić information content (AvgIpc) is 2.43. The van der Waals surface area contributed by atoms with Crippen molar-refractivity contribution >= 4 is 39.8 Å². The van der Waals surface area contributed by atoms with Gasteiger partial charge in [-0.1, -0.05) is 17.3 Å². The second kappa shape index (κ2) is 6.11. The van der Waals surface area contributed by atoms with Crippen LogP contribution in [0.25, 0.3) is 10.9 Å². The van der Waals surface area contributed by atoms with Crippen molar-refractivity contribution in [3.8, 4) is 0 Å². The first kappa shape index (κ1) is 8.49. The first-order valence-electron chi connectivity index (χ1n) is 7.87. The van der Waals surface area contributed by atoms with E-state index in [1.54, 1.807) is 24.3 Å². The number of benzene rings is 1. The molecule has 0 saturated heterocycles. The van der Waals surface area contributed by atoms with Crippen LogP contribution in [0.1, 0.15) is 8.22 Å². The maximum absolute atomic E-state index is 12.3. The standard InChI is InChI=1S/C10H12N3O3PS2/c1-15-17(18,16-2)19-7-13-10(14)8-5-3-4-6-9(8)11-12-13/h3-6H,7H2,1-2H3/i1D3,2D3. The minimum Gasteiger partial charge on any atom is -0.325 e. The zero-order valence-electron chi connectivity index (χ0n) is 15.3. The Morgan fingerprint density at radius 1 is 1.47 bits per heavy atom. The summed E-state index contributed by atoms with van der Waals surface area (Å²) in [6, 6.07) is 6.52. The maximum Gasteiger partial charge on any atom is 0.278 e. The zero-order valence-corrected chi connectivity index (χ0v) is 11.9. The smallest absolute Gasteiger partial charge is 0.278 e. The molecule has 0 radical (unpaired) electrons. The molecule has 0 N–H and O–H groups in total. The van der Waals surface area contributed by atoms with Crippen LogP contribution in [0.4, 0.5) is 0 Å². The topological polar surface area (TPSA) is 66.2 Å². The van der Waals surface area contributed by atoms with Crippen LogP contribution in [0, 0.1) is 0 Å². The molecule has 0 spiro atoms. The van der Waals surface area contributed by atoms with E-state index in [0.717, 1.165) is 4.68 Å². The van der Waals surface area contributed by atoms with Crippen molar-refractivity contribution in [3.63, 3.8) is 0 Å². The van der Waals surface area contributed by atoms with Crippen molar-refractivity contribution in [1.29, 1.82) is 0 Å². The third-order valence-electron chi connectivity index (χ3n) is 2.19. The third-order valence-corrected chi connectivity index (χ3v) is 6.45. The highest BCUT2D eigenvalue weighted by molar-refractivity contribution is 8.67. The van der Waals surface area contributed by atoms with E-state index in [1.165, 1.54) is 0 Å². The summed E-state index contributed by atoms with van der Waals surface area (Å²) in [5.74, 6) is -0.278. The SMILES string of the molecule is [2H]C([2H])([2H])OP(=S)(OC([2H])([2H])[2H])SCn1nnc2ccccc2c1=O. The predicted molar refractivity (Wildman–Crippen MR) is 79.7 cm³/mol. The van der Waals surface area contributed by atoms with Gasteiger partial charge in [0.1, 0.15) is 11.4 Å². The van der Waals surface area contributed by atoms with Crippen LogP contribution >= 0.6 is 17.1 Å². The Morgan fingerprint density at radius 2 is 2.21 bits per heavy atom. The molecular formula is C10H12N3O3PS2. The molecule has 1 aromatic carbocycles. The summed E-state index contributed by atoms with van der Waals surface area (Å²) in [5, 5.41) is 7.89. The van der Waals surface area contributed by atoms with Gasteiger partial charge in [-0.15, -0.1) is 5.10 Å². The summed E-state index contributed by atoms with van der Waals surface area (Å²) in [6.07, 6.45) is 0. The van der Waals surface area contributed by atoms with Gasteiger partial charge in [-0.3, -0.25) is 4.79 Å². The summed E-state index contributed by atoms with van der Waals surface area (Å²) in [7, 11) is -5.90. The largest absolute Gasteiger partial charge is 0.325 e. The van der Waals surface area contributed by atoms with Crippen molar-refractivity contribution in [2.75, 3.05) is 14.1 Å². The molecule has 0 aliphatic carbocycles. The van der Waals surface area contributed by atoms with Gasteiger partial charge in [0.15, 0.2) is 0 Å². The molecule has 0 atom stereocenters. The fourth-order valence-electron chi connectivity index (χ4n) is 1.30. The molecule has 2 rings (SSSR count). The molecule has 0 amide bonds. The number of rotatable bonds is 5. The lowest BCUT2D eigenvalue weighted by molar-refractivity contribution is 0.353. The van der Waals surface area contributed by atoms with Gasteiger partial charge in [-0.2, -0.15) is 4.68 Å². The first-order valence-corrected chi connectivity index (χ1v) is 9.10. The van der Waals surface area contributed by atoms with Gasteiger partial charge in [0.25, 0.3) is 5.56 Å². The molecule has 19 heavy (non-hydrogen) atoms. The van der Waals surface area contributed by atoms with E-state index in [-0.39, 0.29) is 5.88 Å². The number of nitrogens with zero attached hydrogens (tertiary/aromatic N) is 3. The van der Waals surface area contributed by atoms with E-state index in [1.807, 2.05) is 0 Å². The van der Waals surface area contributed by atoms with Crippen molar-refractivity contribution < 1.29 is 17.3 Å². The summed E-state index contributed by atoms with van der Waals surface area (Å²) in [6.45, 7) is 0. The minimum atomic E-state index is -3.81. The Kier molecular flexibility index (Phi) is 2.73. The second-order valence-corrected chi connectivity index (χ2v) is 9.43. The van der Waals surface area contributed by atoms with E-state index in [2.05, 4.69) is 10.3 Å². The molecule has 102 valence electrons. The van der Waals surface area contributed by atoms with Gasteiger partial charge in [-0.25, -0.2) is 0 Å². The van der Waals surface area contributed by atoms with Crippen molar-refractivity contribution in [2.24, 2.45) is 0 Å². The summed E-state index contributed by atoms with van der Waals surface area (Å²) in [4.78, 5) is 12.3. The third kappa shape index (κ3) is 3.21. The fourth-order valence-corrected chi connectivity index (χ4v) is 3.36. The molecule has 0 bridgehead atoms. The summed E-state index contributed by atoms with van der Waals surface area (Å²) in [5.41, 5.74) is -3.90. The predicted octanol–water partition coefficient (Wildman–Crippen LogP) is 2.00. The lowest BCUT2D eigenvalue weighted by atomic mass is 10.2. The molecule has 0 aliphatic rings. The molecule has 0 fully saturated rings. The number of fused-ring (bicyclic) bond motifs is 1. The second-order valence-electron chi connectivity index (χ2n) is 3.30. The zero-order chi connectivity index (χ0) is 18.9. The van der Waals surface area contributed by atoms with Gasteiger partial charge in [0.05, 0.1) is 13.6 Å². The van der Waals surface area contributed by atoms with Crippen molar-refractivity contribution in [1.82, 2.24) is 15.0 Å². The Balaban J connectivity index is 2.27. The molecule has 0 unspecified atom stereocenters. The van der Waals surface area contributed by atoms with Crippen molar-refractivity contribution in [2.45, 2.75) is 5.88 Å². The lowest BCUT2D eigenvalue weighted by Crippen LogP contribution is -2.23. The van der Waals surface area contributed by atoms with E-state index in [0.29, 0.717) is 22.3 Å². The highest BCUT2D eigenvalue weighted by Crippen LogP contribution is 2.60. The van der Waals surface area contributed by atoms with Gasteiger partial charge in [0.2, 0.25) is 5.69 Å². The van der Waals surface area contributed by atoms with Gasteiger partial charge in [-0.05, 0) is 35.3 Å². The van der Waals surface area contributed by atoms with Crippen LogP contribution in [-0.4, -0.2) is 29.1 Å². The first-order chi connectivity index (χ1) is 11.4. The Bertz CT molecular complexity index is 851. The monoisotopic (exact) mass is 323 g/mol. The number of hydrogen-bond donors (Lipinski definition) is 0. The van der Waals surface area contributed by atoms with Crippen LogP contribution in [-0.2, 0) is 26.7 Å². The molecule has 0 aliphatic heterocycles. The number of aromatic nitrogens is 3. The van der Waals surface area contributed by atoms with Gasteiger partial charge < -0.3 is 9.05 Å². The van der Waals surface area contributed by atoms with Crippen LogP contribution in [0.2, 0.25) is 0 Å². The van der Waals surface area contributed by atoms with Crippen LogP contribution < -0.4 is 5.56 Å². The Morgan fingerprint density at radius 3 is 2.95 bits per heavy atom. The highest BCUT2D eigenvalue weighted by atomic mass is 32.9. The molecular weight excluding hydrogens is 305 g/mol. The normalized spacial score (nSPS) is 17.9.